The number of benzene rings is 2. The van der Waals surface area contributed by atoms with E-state index in [1.807, 2.05) is 13.8 Å². The first-order valence-corrected chi connectivity index (χ1v) is 15.9. The molecule has 9 nitrogen and oxygen atoms in total. The first kappa shape index (κ1) is 34.7. The van der Waals surface area contributed by atoms with Gasteiger partial charge in [-0.3, -0.25) is 9.69 Å². The number of anilines is 1. The van der Waals surface area contributed by atoms with Crippen molar-refractivity contribution in [2.24, 2.45) is 5.73 Å². The summed E-state index contributed by atoms with van der Waals surface area (Å²) >= 11 is 0. The summed E-state index contributed by atoms with van der Waals surface area (Å²) in [5.41, 5.74) is 12.6. The monoisotopic (exact) mass is 636 g/mol. The molecule has 0 atom stereocenters. The van der Waals surface area contributed by atoms with Crippen molar-refractivity contribution >= 4 is 33.3 Å². The molecule has 0 aliphatic carbocycles. The van der Waals surface area contributed by atoms with E-state index in [0.717, 1.165) is 16.7 Å². The van der Waals surface area contributed by atoms with Gasteiger partial charge in [-0.2, -0.15) is 13.2 Å². The van der Waals surface area contributed by atoms with Crippen molar-refractivity contribution in [2.75, 3.05) is 37.4 Å². The van der Waals surface area contributed by atoms with Crippen LogP contribution in [0, 0.1) is 13.8 Å². The maximum Gasteiger partial charge on any atom is 0.389 e. The van der Waals surface area contributed by atoms with Crippen molar-refractivity contribution in [3.05, 3.63) is 70.5 Å². The zero-order valence-corrected chi connectivity index (χ0v) is 26.0. The molecule has 1 aliphatic rings. The molecule has 0 fully saturated rings. The van der Waals surface area contributed by atoms with Crippen LogP contribution in [0.5, 0.6) is 5.75 Å². The van der Waals surface area contributed by atoms with E-state index in [-0.39, 0.29) is 44.7 Å². The number of halogens is 3. The van der Waals surface area contributed by atoms with Gasteiger partial charge in [0.05, 0.1) is 18.1 Å². The zero-order chi connectivity index (χ0) is 32.5. The van der Waals surface area contributed by atoms with Crippen LogP contribution in [-0.2, 0) is 21.2 Å². The molecule has 1 aliphatic heterocycles. The van der Waals surface area contributed by atoms with Gasteiger partial charge in [0.25, 0.3) is 0 Å². The first-order valence-electron chi connectivity index (χ1n) is 14.3. The highest BCUT2D eigenvalue weighted by Gasteiger charge is 2.26. The summed E-state index contributed by atoms with van der Waals surface area (Å²) in [5, 5.41) is 2.78. The smallest absolute Gasteiger partial charge is 0.389 e. The summed E-state index contributed by atoms with van der Waals surface area (Å²) in [6.45, 7) is 3.86. The van der Waals surface area contributed by atoms with Gasteiger partial charge in [0.2, 0.25) is 15.9 Å². The van der Waals surface area contributed by atoms with Gasteiger partial charge >= 0.3 is 12.2 Å². The number of nitrogens with one attached hydrogen (secondary N) is 1. The van der Waals surface area contributed by atoms with Crippen molar-refractivity contribution in [2.45, 2.75) is 58.5 Å². The third kappa shape index (κ3) is 10.4. The van der Waals surface area contributed by atoms with Crippen LogP contribution in [0.25, 0.3) is 5.70 Å². The molecule has 3 N–H and O–H groups in total. The van der Waals surface area contributed by atoms with E-state index < -0.39 is 34.6 Å². The number of nitrogens with zero attached hydrogens (tertiary/aromatic N) is 2. The highest BCUT2D eigenvalue weighted by molar-refractivity contribution is 7.89. The number of ether oxygens (including phenoxy) is 1. The van der Waals surface area contributed by atoms with Crippen LogP contribution in [0.2, 0.25) is 0 Å². The molecule has 0 bridgehead atoms. The summed E-state index contributed by atoms with van der Waals surface area (Å²) in [5.74, 6) is -0.184. The molecule has 0 saturated heterocycles. The molecular formula is C31H39F3N4O5S. The molecule has 0 aromatic heterocycles. The largest absolute Gasteiger partial charge is 0.494 e. The van der Waals surface area contributed by atoms with Crippen LogP contribution in [-0.4, -0.2) is 63.3 Å². The van der Waals surface area contributed by atoms with Crippen LogP contribution in [0.4, 0.5) is 23.7 Å². The molecule has 0 saturated carbocycles. The van der Waals surface area contributed by atoms with Crippen molar-refractivity contribution < 1.29 is 35.9 Å². The van der Waals surface area contributed by atoms with Gasteiger partial charge in [0.1, 0.15) is 5.75 Å². The Morgan fingerprint density at radius 1 is 1.16 bits per heavy atom. The van der Waals surface area contributed by atoms with Crippen LogP contribution in [0.3, 0.4) is 0 Å². The lowest BCUT2D eigenvalue weighted by Gasteiger charge is -2.23. The van der Waals surface area contributed by atoms with E-state index in [1.54, 1.807) is 49.5 Å². The number of carbonyl (C=O) groups is 2. The summed E-state index contributed by atoms with van der Waals surface area (Å²) in [7, 11) is -2.14. The Morgan fingerprint density at radius 2 is 1.86 bits per heavy atom. The average Bonchev–Trinajstić information content (AvgIpc) is 2.98. The van der Waals surface area contributed by atoms with E-state index in [2.05, 4.69) is 11.0 Å². The van der Waals surface area contributed by atoms with Gasteiger partial charge < -0.3 is 15.8 Å². The van der Waals surface area contributed by atoms with E-state index in [4.69, 9.17) is 10.5 Å². The number of amides is 3. The molecule has 13 heteroatoms. The lowest BCUT2D eigenvalue weighted by Crippen LogP contribution is -2.37. The van der Waals surface area contributed by atoms with E-state index in [0.29, 0.717) is 35.5 Å². The van der Waals surface area contributed by atoms with E-state index >= 15 is 0 Å². The minimum Gasteiger partial charge on any atom is -0.494 e. The predicted molar refractivity (Wildman–Crippen MR) is 164 cm³/mol. The number of sulfonamides is 1. The molecule has 0 unspecified atom stereocenters. The molecule has 2 aromatic carbocycles. The molecule has 1 heterocycles. The van der Waals surface area contributed by atoms with Gasteiger partial charge in [0.15, 0.2) is 0 Å². The zero-order valence-electron chi connectivity index (χ0n) is 25.2. The Labute approximate surface area is 256 Å². The van der Waals surface area contributed by atoms with E-state index in [1.165, 1.54) is 9.21 Å². The molecular weight excluding hydrogens is 597 g/mol. The fraction of sp³-hybridized carbons (Fsp3) is 0.452. The van der Waals surface area contributed by atoms with E-state index in [9.17, 15) is 31.2 Å². The normalized spacial score (nSPS) is 15.2. The lowest BCUT2D eigenvalue weighted by molar-refractivity contribution is -0.136. The fourth-order valence-corrected chi connectivity index (χ4v) is 6.30. The number of carbonyl (C=O) groups excluding carboxylic acids is 2. The van der Waals surface area contributed by atoms with Crippen molar-refractivity contribution in [3.63, 3.8) is 0 Å². The van der Waals surface area contributed by atoms with Crippen LogP contribution in [0.1, 0.15) is 54.4 Å². The molecule has 240 valence electrons. The van der Waals surface area contributed by atoms with Gasteiger partial charge in [-0.25, -0.2) is 17.5 Å². The minimum absolute atomic E-state index is 0.00408. The number of nitrogens with two attached hydrogens (primary N) is 1. The maximum absolute atomic E-state index is 13.4. The van der Waals surface area contributed by atoms with Crippen LogP contribution >= 0.6 is 0 Å². The van der Waals surface area contributed by atoms with Gasteiger partial charge in [-0.05, 0) is 86.6 Å². The number of urea groups is 1. The van der Waals surface area contributed by atoms with Crippen molar-refractivity contribution in [1.82, 2.24) is 9.62 Å². The second-order valence-corrected chi connectivity index (χ2v) is 12.8. The SMILES string of the molecule is Cc1cc(N(C)C(N)=O)cc(C)c1CCS(=O)(=O)N1CCCC=C=C(c2cccc(OCCCC(F)(F)F)c2)NC(=O)CC1. The highest BCUT2D eigenvalue weighted by Crippen LogP contribution is 2.25. The highest BCUT2D eigenvalue weighted by atomic mass is 32.2. The molecule has 3 rings (SSSR count). The minimum atomic E-state index is -4.25. The van der Waals surface area contributed by atoms with Gasteiger partial charge in [-0.1, -0.05) is 17.9 Å². The maximum atomic E-state index is 13.4. The quantitative estimate of drug-likeness (QED) is 0.274. The van der Waals surface area contributed by atoms with Gasteiger partial charge in [-0.15, -0.1) is 0 Å². The number of alkyl halides is 3. The predicted octanol–water partition coefficient (Wildman–Crippen LogP) is 5.21. The number of primary amides is 1. The number of aryl methyl sites for hydroxylation is 2. The fourth-order valence-electron chi connectivity index (χ4n) is 4.80. The Bertz CT molecular complexity index is 1500. The third-order valence-electron chi connectivity index (χ3n) is 7.25. The summed E-state index contributed by atoms with van der Waals surface area (Å²) in [6, 6.07) is 9.62. The number of allylic oxidation sites excluding steroid dienone is 1. The van der Waals surface area contributed by atoms with Crippen molar-refractivity contribution in [1.29, 1.82) is 0 Å². The molecule has 3 amide bonds. The first-order chi connectivity index (χ1) is 20.7. The summed E-state index contributed by atoms with van der Waals surface area (Å²) < 4.78 is 70.9. The molecule has 44 heavy (non-hydrogen) atoms. The number of hydrogen-bond donors (Lipinski definition) is 2. The Hall–Kier alpha value is -3.80. The third-order valence-corrected chi connectivity index (χ3v) is 9.13. The summed E-state index contributed by atoms with van der Waals surface area (Å²) in [4.78, 5) is 25.8. The Morgan fingerprint density at radius 3 is 2.52 bits per heavy atom. The summed E-state index contributed by atoms with van der Waals surface area (Å²) in [6.07, 6.45) is -2.43. The average molecular weight is 637 g/mol. The molecule has 2 aromatic rings. The number of rotatable bonds is 10. The second-order valence-electron chi connectivity index (χ2n) is 10.7. The molecule has 0 radical (unpaired) electrons. The Kier molecular flexibility index (Phi) is 12.0. The Balaban J connectivity index is 1.65. The lowest BCUT2D eigenvalue weighted by atomic mass is 9.99. The van der Waals surface area contributed by atoms with Gasteiger partial charge in [0, 0.05) is 44.2 Å². The second kappa shape index (κ2) is 15.3. The topological polar surface area (TPSA) is 122 Å². The van der Waals surface area contributed by atoms with Crippen LogP contribution < -0.4 is 20.7 Å². The molecule has 0 spiro atoms. The van der Waals surface area contributed by atoms with Crippen molar-refractivity contribution in [3.8, 4) is 5.75 Å². The number of hydrogen-bond acceptors (Lipinski definition) is 5. The van der Waals surface area contributed by atoms with Crippen LogP contribution in [0.15, 0.2) is 48.2 Å². The standard InChI is InChI=1S/C31H39F3N4O5S/c1-22-19-25(37(3)30(35)40)20-23(2)27(22)13-18-44(41,42)38-15-6-4-5-11-28(36-29(39)12-16-38)24-9-7-10-26(21-24)43-17-8-14-31(32,33)34/h5,7,9-10,19-21H,4,6,8,12-18H2,1-3H3,(H2,35,40)(H,36,39).